The van der Waals surface area contributed by atoms with Crippen LogP contribution in [0, 0.1) is 0 Å². The van der Waals surface area contributed by atoms with E-state index in [0.717, 1.165) is 25.2 Å². The molecule has 0 amide bonds. The second kappa shape index (κ2) is 14.4. The maximum absolute atomic E-state index is 5.45. The van der Waals surface area contributed by atoms with Gasteiger partial charge in [-0.15, -0.1) is 0 Å². The molecule has 116 valence electrons. The normalized spacial score (nSPS) is 9.80. The van der Waals surface area contributed by atoms with Crippen molar-refractivity contribution in [3.8, 4) is 5.75 Å². The zero-order chi connectivity index (χ0) is 15.1. The summed E-state index contributed by atoms with van der Waals surface area (Å²) in [4.78, 5) is 0. The largest absolute Gasteiger partial charge is 0.494 e. The highest BCUT2D eigenvalue weighted by Gasteiger charge is 1.92. The van der Waals surface area contributed by atoms with Gasteiger partial charge in [-0.3, -0.25) is 0 Å². The Morgan fingerprint density at radius 2 is 1.25 bits per heavy atom. The second-order valence-corrected chi connectivity index (χ2v) is 5.26. The lowest BCUT2D eigenvalue weighted by atomic mass is 10.1. The predicted molar refractivity (Wildman–Crippen MR) is 90.7 cm³/mol. The first-order valence-corrected chi connectivity index (χ1v) is 8.50. The van der Waals surface area contributed by atoms with Crippen molar-refractivity contribution in [2.24, 2.45) is 0 Å². The van der Waals surface area contributed by atoms with E-state index < -0.39 is 0 Å². The number of unbranched alkanes of at least 4 members (excludes halogenated alkanes) is 5. The van der Waals surface area contributed by atoms with Crippen molar-refractivity contribution < 1.29 is 4.74 Å². The topological polar surface area (TPSA) is 9.23 Å². The molecule has 0 atom stereocenters. The van der Waals surface area contributed by atoms with E-state index in [0.29, 0.717) is 0 Å². The van der Waals surface area contributed by atoms with Gasteiger partial charge in [0.25, 0.3) is 0 Å². The number of hydrogen-bond donors (Lipinski definition) is 0. The molecule has 0 unspecified atom stereocenters. The van der Waals surface area contributed by atoms with Gasteiger partial charge in [0.15, 0.2) is 0 Å². The Hall–Kier alpha value is -0.980. The molecule has 0 fully saturated rings. The van der Waals surface area contributed by atoms with Crippen LogP contribution in [0.3, 0.4) is 0 Å². The average Bonchev–Trinajstić information content (AvgIpc) is 2.51. The minimum absolute atomic E-state index is 0.811. The zero-order valence-corrected chi connectivity index (χ0v) is 14.1. The predicted octanol–water partition coefficient (Wildman–Crippen LogP) is 6.40. The molecule has 0 aliphatic carbocycles. The van der Waals surface area contributed by atoms with Crippen LogP contribution in [0.25, 0.3) is 0 Å². The molecule has 0 saturated carbocycles. The van der Waals surface area contributed by atoms with Gasteiger partial charge < -0.3 is 4.74 Å². The Balaban J connectivity index is 0.000000396. The van der Waals surface area contributed by atoms with E-state index in [-0.39, 0.29) is 0 Å². The maximum Gasteiger partial charge on any atom is 0.119 e. The highest BCUT2D eigenvalue weighted by Crippen LogP contribution is 2.12. The van der Waals surface area contributed by atoms with Gasteiger partial charge in [-0.25, -0.2) is 0 Å². The summed E-state index contributed by atoms with van der Waals surface area (Å²) in [5.74, 6) is 0.981. The van der Waals surface area contributed by atoms with Gasteiger partial charge in [0.2, 0.25) is 0 Å². The maximum atomic E-state index is 5.45. The molecule has 20 heavy (non-hydrogen) atoms. The van der Waals surface area contributed by atoms with Crippen LogP contribution in [0.2, 0.25) is 0 Å². The van der Waals surface area contributed by atoms with Crippen molar-refractivity contribution in [3.05, 3.63) is 29.8 Å². The SMILES string of the molecule is CCCCCCCC.CCCOc1ccc(CC)cc1. The average molecular weight is 278 g/mol. The van der Waals surface area contributed by atoms with Crippen molar-refractivity contribution in [2.75, 3.05) is 6.61 Å². The molecule has 1 aromatic carbocycles. The molecule has 0 aromatic heterocycles. The number of benzene rings is 1. The molecule has 0 bridgehead atoms. The summed E-state index contributed by atoms with van der Waals surface area (Å²) in [7, 11) is 0. The van der Waals surface area contributed by atoms with Crippen molar-refractivity contribution in [1.82, 2.24) is 0 Å². The van der Waals surface area contributed by atoms with Crippen LogP contribution >= 0.6 is 0 Å². The van der Waals surface area contributed by atoms with Gasteiger partial charge in [-0.1, -0.05) is 78.4 Å². The zero-order valence-electron chi connectivity index (χ0n) is 14.1. The fraction of sp³-hybridized carbons (Fsp3) is 0.684. The molecular weight excluding hydrogens is 244 g/mol. The molecule has 1 rings (SSSR count). The molecule has 1 aromatic rings. The first kappa shape index (κ1) is 19.0. The molecule has 1 heteroatoms. The second-order valence-electron chi connectivity index (χ2n) is 5.26. The standard InChI is InChI=1S/C11H16O.C8H18/c1-3-9-12-11-7-5-10(4-2)6-8-11;1-3-5-7-8-6-4-2/h5-8H,3-4,9H2,1-2H3;3-8H2,1-2H3. The monoisotopic (exact) mass is 278 g/mol. The van der Waals surface area contributed by atoms with Gasteiger partial charge >= 0.3 is 0 Å². The van der Waals surface area contributed by atoms with Crippen molar-refractivity contribution in [3.63, 3.8) is 0 Å². The quantitative estimate of drug-likeness (QED) is 0.474. The first-order chi connectivity index (χ1) is 9.78. The molecule has 0 saturated heterocycles. The van der Waals surface area contributed by atoms with E-state index in [1.807, 2.05) is 12.1 Å². The summed E-state index contributed by atoms with van der Waals surface area (Å²) in [6.45, 7) is 9.59. The third kappa shape index (κ3) is 10.9. The summed E-state index contributed by atoms with van der Waals surface area (Å²) in [6, 6.07) is 8.30. The summed E-state index contributed by atoms with van der Waals surface area (Å²) in [5.41, 5.74) is 1.36. The first-order valence-electron chi connectivity index (χ1n) is 8.50. The van der Waals surface area contributed by atoms with Gasteiger partial charge in [-0.2, -0.15) is 0 Å². The fourth-order valence-electron chi connectivity index (χ4n) is 1.89. The summed E-state index contributed by atoms with van der Waals surface area (Å²) >= 11 is 0. The Morgan fingerprint density at radius 3 is 1.65 bits per heavy atom. The molecule has 0 aliphatic heterocycles. The van der Waals surface area contributed by atoms with E-state index in [4.69, 9.17) is 4.74 Å². The molecule has 0 aliphatic rings. The third-order valence-electron chi connectivity index (χ3n) is 3.26. The smallest absolute Gasteiger partial charge is 0.119 e. The van der Waals surface area contributed by atoms with Gasteiger partial charge in [-0.05, 0) is 30.5 Å². The molecule has 0 N–H and O–H groups in total. The van der Waals surface area contributed by atoms with Gasteiger partial charge in [0.05, 0.1) is 6.61 Å². The number of rotatable bonds is 9. The van der Waals surface area contributed by atoms with Crippen LogP contribution in [-0.2, 0) is 6.42 Å². The number of aryl methyl sites for hydroxylation is 1. The lowest BCUT2D eigenvalue weighted by Crippen LogP contribution is -1.94. The Labute approximate surface area is 126 Å². The third-order valence-corrected chi connectivity index (χ3v) is 3.26. The lowest BCUT2D eigenvalue weighted by molar-refractivity contribution is 0.317. The lowest BCUT2D eigenvalue weighted by Gasteiger charge is -2.04. The number of hydrogen-bond acceptors (Lipinski definition) is 1. The van der Waals surface area contributed by atoms with E-state index in [9.17, 15) is 0 Å². The van der Waals surface area contributed by atoms with E-state index >= 15 is 0 Å². The summed E-state index contributed by atoms with van der Waals surface area (Å²) in [6.07, 6.45) is 10.6. The Morgan fingerprint density at radius 1 is 0.700 bits per heavy atom. The van der Waals surface area contributed by atoms with Crippen LogP contribution in [0.15, 0.2) is 24.3 Å². The molecule has 0 spiro atoms. The Bertz CT molecular complexity index is 283. The van der Waals surface area contributed by atoms with Crippen molar-refractivity contribution >= 4 is 0 Å². The highest BCUT2D eigenvalue weighted by atomic mass is 16.5. The van der Waals surface area contributed by atoms with Gasteiger partial charge in [0.1, 0.15) is 5.75 Å². The van der Waals surface area contributed by atoms with Crippen LogP contribution in [0.5, 0.6) is 5.75 Å². The van der Waals surface area contributed by atoms with Crippen LogP contribution in [0.4, 0.5) is 0 Å². The summed E-state index contributed by atoms with van der Waals surface area (Å²) < 4.78 is 5.45. The van der Waals surface area contributed by atoms with E-state index in [1.165, 1.54) is 44.1 Å². The Kier molecular flexibility index (Phi) is 13.7. The van der Waals surface area contributed by atoms with E-state index in [2.05, 4.69) is 39.8 Å². The molecule has 0 heterocycles. The van der Waals surface area contributed by atoms with Gasteiger partial charge in [0, 0.05) is 0 Å². The molecule has 1 nitrogen and oxygen atoms in total. The van der Waals surface area contributed by atoms with Crippen molar-refractivity contribution in [2.45, 2.75) is 79.1 Å². The van der Waals surface area contributed by atoms with Crippen molar-refractivity contribution in [1.29, 1.82) is 0 Å². The van der Waals surface area contributed by atoms with Crippen LogP contribution < -0.4 is 4.74 Å². The van der Waals surface area contributed by atoms with Crippen LogP contribution in [0.1, 0.15) is 78.2 Å². The highest BCUT2D eigenvalue weighted by molar-refractivity contribution is 5.27. The van der Waals surface area contributed by atoms with E-state index in [1.54, 1.807) is 0 Å². The fourth-order valence-corrected chi connectivity index (χ4v) is 1.89. The summed E-state index contributed by atoms with van der Waals surface area (Å²) in [5, 5.41) is 0. The minimum atomic E-state index is 0.811. The molecule has 0 radical (unpaired) electrons. The van der Waals surface area contributed by atoms with Crippen LogP contribution in [-0.4, -0.2) is 6.61 Å². The molecular formula is C19H34O. The number of ether oxygens (including phenoxy) is 1. The minimum Gasteiger partial charge on any atom is -0.494 e.